The first-order valence-electron chi connectivity index (χ1n) is 6.80. The maximum absolute atomic E-state index is 12.3. The normalized spacial score (nSPS) is 25.6. The van der Waals surface area contributed by atoms with Gasteiger partial charge < -0.3 is 0 Å². The Bertz CT molecular complexity index is 570. The monoisotopic (exact) mass is 291 g/mol. The molecule has 0 spiro atoms. The topological polar surface area (TPSA) is 41.3 Å². The van der Waals surface area contributed by atoms with E-state index in [2.05, 4.69) is 0 Å². The number of pyridine rings is 1. The highest BCUT2D eigenvalue weighted by atomic mass is 35.5. The van der Waals surface area contributed by atoms with Crippen LogP contribution >= 0.6 is 11.6 Å². The van der Waals surface area contributed by atoms with Crippen molar-refractivity contribution in [3.63, 3.8) is 0 Å². The van der Waals surface area contributed by atoms with Gasteiger partial charge in [0.2, 0.25) is 11.8 Å². The molecule has 20 heavy (non-hydrogen) atoms. The largest absolute Gasteiger partial charge is 0.276 e. The summed E-state index contributed by atoms with van der Waals surface area (Å²) in [6, 6.07) is 5.79. The van der Waals surface area contributed by atoms with Gasteiger partial charge in [0.05, 0.1) is 18.4 Å². The number of allylic oxidation sites excluding steroid dienone is 2. The highest BCUT2D eigenvalue weighted by molar-refractivity contribution is 6.30. The second-order valence-electron chi connectivity index (χ2n) is 5.25. The summed E-state index contributed by atoms with van der Waals surface area (Å²) in [5, 5.41) is 0.701. The molecule has 1 saturated heterocycles. The molecule has 0 bridgehead atoms. The van der Waals surface area contributed by atoms with E-state index in [1.54, 1.807) is 0 Å². The predicted octanol–water partition coefficient (Wildman–Crippen LogP) is 1.49. The van der Waals surface area contributed by atoms with Crippen LogP contribution in [0, 0.1) is 11.8 Å². The minimum absolute atomic E-state index is 0.0445. The first-order chi connectivity index (χ1) is 9.66. The third kappa shape index (κ3) is 2.36. The van der Waals surface area contributed by atoms with Crippen LogP contribution in [0.25, 0.3) is 0 Å². The van der Waals surface area contributed by atoms with Gasteiger partial charge in [-0.3, -0.25) is 14.5 Å². The minimum atomic E-state index is -0.249. The van der Waals surface area contributed by atoms with Gasteiger partial charge in [0.25, 0.3) is 0 Å². The molecule has 4 nitrogen and oxygen atoms in total. The number of rotatable bonds is 3. The summed E-state index contributed by atoms with van der Waals surface area (Å²) < 4.78 is 1.97. The van der Waals surface area contributed by atoms with Crippen molar-refractivity contribution < 1.29 is 14.2 Å². The quantitative estimate of drug-likeness (QED) is 0.625. The zero-order valence-electron chi connectivity index (χ0n) is 11.0. The lowest BCUT2D eigenvalue weighted by molar-refractivity contribution is -0.696. The van der Waals surface area contributed by atoms with E-state index in [0.29, 0.717) is 31.0 Å². The number of amides is 2. The van der Waals surface area contributed by atoms with E-state index < -0.39 is 0 Å². The second-order valence-corrected chi connectivity index (χ2v) is 5.73. The fourth-order valence-electron chi connectivity index (χ4n) is 2.92. The summed E-state index contributed by atoms with van der Waals surface area (Å²) in [5.74, 6) is -0.564. The molecule has 1 aliphatic carbocycles. The fourth-order valence-corrected chi connectivity index (χ4v) is 3.17. The van der Waals surface area contributed by atoms with Gasteiger partial charge in [-0.25, -0.2) is 4.57 Å². The zero-order valence-corrected chi connectivity index (χ0v) is 11.8. The molecule has 2 amide bonds. The number of carbonyl (C=O) groups excluding carboxylic acids is 2. The predicted molar refractivity (Wildman–Crippen MR) is 73.5 cm³/mol. The molecule has 0 saturated carbocycles. The molecule has 104 valence electrons. The van der Waals surface area contributed by atoms with Gasteiger partial charge in [-0.1, -0.05) is 23.7 Å². The number of imide groups is 1. The third-order valence-electron chi connectivity index (χ3n) is 4.02. The lowest BCUT2D eigenvalue weighted by Crippen LogP contribution is -2.42. The maximum Gasteiger partial charge on any atom is 0.233 e. The standard InChI is InChI=1S/C15H16ClN2O2/c16-11-4-5-12-13(10-11)15(20)18(14(12)19)9-8-17-6-2-1-3-7-17/h1-4,6-7,12-13H,5,8-10H2/q+1/t12-,13+/m1/s1. The molecule has 0 N–H and O–H groups in total. The Balaban J connectivity index is 1.69. The van der Waals surface area contributed by atoms with Crippen LogP contribution in [0.5, 0.6) is 0 Å². The molecule has 2 atom stereocenters. The van der Waals surface area contributed by atoms with E-state index in [1.807, 2.05) is 41.2 Å². The first-order valence-corrected chi connectivity index (χ1v) is 7.18. The summed E-state index contributed by atoms with van der Waals surface area (Å²) in [6.45, 7) is 1.05. The van der Waals surface area contributed by atoms with Gasteiger partial charge in [0.1, 0.15) is 0 Å². The molecule has 1 fully saturated rings. The average Bonchev–Trinajstić information content (AvgIpc) is 2.70. The number of nitrogens with zero attached hydrogens (tertiary/aromatic N) is 2. The number of fused-ring (bicyclic) bond motifs is 1. The maximum atomic E-state index is 12.3. The Morgan fingerprint density at radius 3 is 2.60 bits per heavy atom. The van der Waals surface area contributed by atoms with Crippen LogP contribution < -0.4 is 4.57 Å². The molecule has 0 radical (unpaired) electrons. The first kappa shape index (κ1) is 13.3. The van der Waals surface area contributed by atoms with Crippen LogP contribution in [0.4, 0.5) is 0 Å². The highest BCUT2D eigenvalue weighted by Crippen LogP contribution is 2.38. The van der Waals surface area contributed by atoms with Gasteiger partial charge in [-0.2, -0.15) is 0 Å². The van der Waals surface area contributed by atoms with E-state index in [1.165, 1.54) is 4.90 Å². The molecular weight excluding hydrogens is 276 g/mol. The Labute approximate surface area is 122 Å². The molecule has 3 rings (SSSR count). The summed E-state index contributed by atoms with van der Waals surface area (Å²) >= 11 is 5.99. The van der Waals surface area contributed by atoms with Crippen LogP contribution in [-0.4, -0.2) is 23.3 Å². The van der Waals surface area contributed by atoms with E-state index in [9.17, 15) is 9.59 Å². The third-order valence-corrected chi connectivity index (χ3v) is 4.33. The Morgan fingerprint density at radius 2 is 1.85 bits per heavy atom. The lowest BCUT2D eigenvalue weighted by atomic mass is 9.85. The van der Waals surface area contributed by atoms with Gasteiger partial charge in [-0.15, -0.1) is 0 Å². The summed E-state index contributed by atoms with van der Waals surface area (Å²) in [6.07, 6.45) is 6.81. The van der Waals surface area contributed by atoms with Gasteiger partial charge >= 0.3 is 0 Å². The summed E-state index contributed by atoms with van der Waals surface area (Å²) in [5.41, 5.74) is 0. The van der Waals surface area contributed by atoms with Crippen molar-refractivity contribution in [1.29, 1.82) is 0 Å². The molecule has 1 aliphatic heterocycles. The van der Waals surface area contributed by atoms with Crippen molar-refractivity contribution in [3.8, 4) is 0 Å². The Morgan fingerprint density at radius 1 is 1.15 bits per heavy atom. The Kier molecular flexibility index (Phi) is 3.57. The van der Waals surface area contributed by atoms with Crippen molar-refractivity contribution in [2.45, 2.75) is 19.4 Å². The number of hydrogen-bond acceptors (Lipinski definition) is 2. The number of aromatic nitrogens is 1. The molecule has 2 aliphatic rings. The van der Waals surface area contributed by atoms with Crippen molar-refractivity contribution in [2.75, 3.05) is 6.54 Å². The second kappa shape index (κ2) is 5.37. The molecule has 0 unspecified atom stereocenters. The van der Waals surface area contributed by atoms with E-state index in [0.717, 1.165) is 0 Å². The fraction of sp³-hybridized carbons (Fsp3) is 0.400. The number of halogens is 1. The van der Waals surface area contributed by atoms with Crippen molar-refractivity contribution >= 4 is 23.4 Å². The van der Waals surface area contributed by atoms with Gasteiger partial charge in [-0.05, 0) is 12.8 Å². The summed E-state index contributed by atoms with van der Waals surface area (Å²) in [7, 11) is 0. The van der Waals surface area contributed by atoms with Gasteiger partial charge in [0.15, 0.2) is 18.9 Å². The molecule has 1 aromatic heterocycles. The van der Waals surface area contributed by atoms with Crippen molar-refractivity contribution in [3.05, 3.63) is 41.7 Å². The smallest absolute Gasteiger partial charge is 0.233 e. The summed E-state index contributed by atoms with van der Waals surface area (Å²) in [4.78, 5) is 26.0. The molecule has 1 aromatic rings. The molecule has 0 aromatic carbocycles. The van der Waals surface area contributed by atoms with E-state index in [4.69, 9.17) is 11.6 Å². The van der Waals surface area contributed by atoms with E-state index >= 15 is 0 Å². The van der Waals surface area contributed by atoms with E-state index in [-0.39, 0.29) is 23.7 Å². The van der Waals surface area contributed by atoms with Crippen LogP contribution in [0.15, 0.2) is 41.7 Å². The SMILES string of the molecule is O=C1[C@H]2CC(Cl)=CC[C@H]2C(=O)N1CC[n+]1ccccc1. The van der Waals surface area contributed by atoms with Crippen LogP contribution in [0.3, 0.4) is 0 Å². The van der Waals surface area contributed by atoms with Gasteiger partial charge in [0, 0.05) is 17.2 Å². The lowest BCUT2D eigenvalue weighted by Gasteiger charge is -2.17. The number of likely N-dealkylation sites (tertiary alicyclic amines) is 1. The van der Waals surface area contributed by atoms with Crippen LogP contribution in [0.2, 0.25) is 0 Å². The van der Waals surface area contributed by atoms with Crippen LogP contribution in [0.1, 0.15) is 12.8 Å². The minimum Gasteiger partial charge on any atom is -0.276 e. The van der Waals surface area contributed by atoms with Crippen LogP contribution in [-0.2, 0) is 16.1 Å². The van der Waals surface area contributed by atoms with Crippen molar-refractivity contribution in [1.82, 2.24) is 4.90 Å². The molecular formula is C15H16ClN2O2+. The molecule has 2 heterocycles. The molecule has 5 heteroatoms. The number of carbonyl (C=O) groups is 2. The zero-order chi connectivity index (χ0) is 14.1. The highest BCUT2D eigenvalue weighted by Gasteiger charge is 2.48. The average molecular weight is 292 g/mol. The number of hydrogen-bond donors (Lipinski definition) is 0. The Hall–Kier alpha value is -1.68. The van der Waals surface area contributed by atoms with Crippen molar-refractivity contribution in [2.24, 2.45) is 11.8 Å².